The Morgan fingerprint density at radius 3 is 2.69 bits per heavy atom. The maximum atomic E-state index is 13.4. The largest absolute Gasteiger partial charge is 0.416 e. The fourth-order valence-electron chi connectivity index (χ4n) is 4.71. The topological polar surface area (TPSA) is 54.5 Å². The van der Waals surface area contributed by atoms with E-state index in [1.54, 1.807) is 18.3 Å². The van der Waals surface area contributed by atoms with Gasteiger partial charge in [0, 0.05) is 25.9 Å². The van der Waals surface area contributed by atoms with Gasteiger partial charge in [-0.2, -0.15) is 13.2 Å². The van der Waals surface area contributed by atoms with Gasteiger partial charge in [0.25, 0.3) is 0 Å². The molecule has 8 heteroatoms. The van der Waals surface area contributed by atoms with Gasteiger partial charge in [0.15, 0.2) is 0 Å². The van der Waals surface area contributed by atoms with E-state index in [1.165, 1.54) is 6.07 Å². The number of hydrogen-bond donors (Lipinski definition) is 1. The Morgan fingerprint density at radius 1 is 1.16 bits per heavy atom. The monoisotopic (exact) mass is 447 g/mol. The smallest absolute Gasteiger partial charge is 0.368 e. The lowest BCUT2D eigenvalue weighted by molar-refractivity contribution is -0.138. The summed E-state index contributed by atoms with van der Waals surface area (Å²) in [5.41, 5.74) is 0.454. The van der Waals surface area contributed by atoms with Gasteiger partial charge in [-0.25, -0.2) is 0 Å². The fourth-order valence-corrected chi connectivity index (χ4v) is 4.71. The number of likely N-dealkylation sites (tertiary alicyclic amines) is 1. The molecule has 1 amide bonds. The highest BCUT2D eigenvalue weighted by molar-refractivity contribution is 5.81. The van der Waals surface area contributed by atoms with Crippen LogP contribution >= 0.6 is 0 Å². The summed E-state index contributed by atoms with van der Waals surface area (Å²) < 4.78 is 45.8. The SMILES string of the molecule is O=C(N[C@H](c1ccccn1)[C@@H]1CCCN(Cc2ccccc2C(F)(F)F)C1)[C@@H]1CCCO1. The van der Waals surface area contributed by atoms with Crippen molar-refractivity contribution in [2.24, 2.45) is 5.92 Å². The summed E-state index contributed by atoms with van der Waals surface area (Å²) in [6.45, 7) is 2.11. The van der Waals surface area contributed by atoms with Gasteiger partial charge in [-0.3, -0.25) is 14.7 Å². The molecule has 0 spiro atoms. The Balaban J connectivity index is 1.51. The molecule has 2 aliphatic rings. The molecular weight excluding hydrogens is 419 g/mol. The van der Waals surface area contributed by atoms with E-state index in [0.29, 0.717) is 19.6 Å². The molecule has 0 saturated carbocycles. The van der Waals surface area contributed by atoms with E-state index in [1.807, 2.05) is 23.1 Å². The summed E-state index contributed by atoms with van der Waals surface area (Å²) in [6.07, 6.45) is 0.147. The maximum absolute atomic E-state index is 13.4. The number of carbonyl (C=O) groups excluding carboxylic acids is 1. The molecular formula is C24H28F3N3O2. The van der Waals surface area contributed by atoms with Gasteiger partial charge in [-0.15, -0.1) is 0 Å². The number of alkyl halides is 3. The Kier molecular flexibility index (Phi) is 7.10. The highest BCUT2D eigenvalue weighted by atomic mass is 19.4. The first-order chi connectivity index (χ1) is 15.4. The number of piperidine rings is 1. The number of rotatable bonds is 6. The van der Waals surface area contributed by atoms with Crippen LogP contribution < -0.4 is 5.32 Å². The second-order valence-electron chi connectivity index (χ2n) is 8.53. The van der Waals surface area contributed by atoms with Crippen LogP contribution in [-0.4, -0.2) is 41.6 Å². The van der Waals surface area contributed by atoms with Crippen molar-refractivity contribution in [1.82, 2.24) is 15.2 Å². The normalized spacial score (nSPS) is 23.1. The molecule has 2 aliphatic heterocycles. The number of ether oxygens (including phenoxy) is 1. The van der Waals surface area contributed by atoms with Crippen LogP contribution in [0.1, 0.15) is 48.5 Å². The molecule has 0 radical (unpaired) electrons. The lowest BCUT2D eigenvalue weighted by Crippen LogP contribution is -2.45. The van der Waals surface area contributed by atoms with Crippen LogP contribution in [0.25, 0.3) is 0 Å². The number of pyridine rings is 1. The van der Waals surface area contributed by atoms with Crippen LogP contribution in [0.4, 0.5) is 13.2 Å². The summed E-state index contributed by atoms with van der Waals surface area (Å²) in [5, 5.41) is 3.13. The van der Waals surface area contributed by atoms with Crippen LogP contribution in [0.5, 0.6) is 0 Å². The Bertz CT molecular complexity index is 901. The summed E-state index contributed by atoms with van der Waals surface area (Å²) in [5.74, 6) is -0.0975. The summed E-state index contributed by atoms with van der Waals surface area (Å²) in [6, 6.07) is 11.0. The molecule has 2 saturated heterocycles. The molecule has 172 valence electrons. The number of hydrogen-bond acceptors (Lipinski definition) is 4. The number of amides is 1. The fraction of sp³-hybridized carbons (Fsp3) is 0.500. The third kappa shape index (κ3) is 5.48. The van der Waals surface area contributed by atoms with E-state index in [-0.39, 0.29) is 30.0 Å². The molecule has 1 aromatic heterocycles. The van der Waals surface area contributed by atoms with Crippen LogP contribution in [-0.2, 0) is 22.3 Å². The maximum Gasteiger partial charge on any atom is 0.416 e. The van der Waals surface area contributed by atoms with Gasteiger partial charge < -0.3 is 10.1 Å². The molecule has 1 N–H and O–H groups in total. The molecule has 5 nitrogen and oxygen atoms in total. The summed E-state index contributed by atoms with van der Waals surface area (Å²) in [7, 11) is 0. The second kappa shape index (κ2) is 10.0. The van der Waals surface area contributed by atoms with Crippen molar-refractivity contribution in [2.75, 3.05) is 19.7 Å². The summed E-state index contributed by atoms with van der Waals surface area (Å²) in [4.78, 5) is 19.3. The first-order valence-electron chi connectivity index (χ1n) is 11.1. The van der Waals surface area contributed by atoms with Crippen molar-refractivity contribution in [1.29, 1.82) is 0 Å². The first kappa shape index (κ1) is 22.7. The van der Waals surface area contributed by atoms with Crippen LogP contribution in [0.15, 0.2) is 48.7 Å². The number of nitrogens with one attached hydrogen (secondary N) is 1. The number of benzene rings is 1. The lowest BCUT2D eigenvalue weighted by Gasteiger charge is -2.37. The van der Waals surface area contributed by atoms with Crippen molar-refractivity contribution in [3.63, 3.8) is 0 Å². The zero-order valence-electron chi connectivity index (χ0n) is 17.9. The predicted molar refractivity (Wildman–Crippen MR) is 114 cm³/mol. The number of nitrogens with zero attached hydrogens (tertiary/aromatic N) is 2. The highest BCUT2D eigenvalue weighted by Gasteiger charge is 2.36. The average Bonchev–Trinajstić information content (AvgIpc) is 3.33. The van der Waals surface area contributed by atoms with Gasteiger partial charge >= 0.3 is 6.18 Å². The molecule has 32 heavy (non-hydrogen) atoms. The van der Waals surface area contributed by atoms with Gasteiger partial charge in [0.05, 0.1) is 17.3 Å². The molecule has 0 aliphatic carbocycles. The standard InChI is InChI=1S/C24H28F3N3O2/c25-24(26,27)19-9-2-1-7-17(19)15-30-13-5-8-18(16-30)22(20-10-3-4-12-28-20)29-23(31)21-11-6-14-32-21/h1-4,7,9-10,12,18,21-22H,5-6,8,11,13-16H2,(H,29,31)/t18-,21+,22+/m1/s1. The third-order valence-electron chi connectivity index (χ3n) is 6.26. The van der Waals surface area contributed by atoms with Crippen molar-refractivity contribution < 1.29 is 22.7 Å². The Hall–Kier alpha value is -2.45. The minimum atomic E-state index is -4.38. The zero-order valence-corrected chi connectivity index (χ0v) is 17.9. The van der Waals surface area contributed by atoms with Crippen molar-refractivity contribution in [3.05, 3.63) is 65.5 Å². The quantitative estimate of drug-likeness (QED) is 0.716. The van der Waals surface area contributed by atoms with Crippen molar-refractivity contribution >= 4 is 5.91 Å². The van der Waals surface area contributed by atoms with E-state index in [0.717, 1.165) is 37.6 Å². The molecule has 0 bridgehead atoms. The van der Waals surface area contributed by atoms with E-state index in [9.17, 15) is 18.0 Å². The Morgan fingerprint density at radius 2 is 1.97 bits per heavy atom. The van der Waals surface area contributed by atoms with Crippen molar-refractivity contribution in [2.45, 2.75) is 50.6 Å². The van der Waals surface area contributed by atoms with Gasteiger partial charge in [-0.1, -0.05) is 24.3 Å². The number of halogens is 3. The average molecular weight is 448 g/mol. The van der Waals surface area contributed by atoms with Crippen LogP contribution in [0.2, 0.25) is 0 Å². The van der Waals surface area contributed by atoms with E-state index >= 15 is 0 Å². The van der Waals surface area contributed by atoms with E-state index in [2.05, 4.69) is 10.3 Å². The molecule has 2 fully saturated rings. The minimum Gasteiger partial charge on any atom is -0.368 e. The van der Waals surface area contributed by atoms with Gasteiger partial charge in [-0.05, 0) is 61.9 Å². The Labute approximate surface area is 186 Å². The predicted octanol–water partition coefficient (Wildman–Crippen LogP) is 4.35. The van der Waals surface area contributed by atoms with Crippen molar-refractivity contribution in [3.8, 4) is 0 Å². The number of aromatic nitrogens is 1. The molecule has 0 unspecified atom stereocenters. The molecule has 4 rings (SSSR count). The zero-order chi connectivity index (χ0) is 22.6. The molecule has 3 heterocycles. The lowest BCUT2D eigenvalue weighted by atomic mass is 9.87. The molecule has 1 aromatic carbocycles. The molecule has 2 aromatic rings. The third-order valence-corrected chi connectivity index (χ3v) is 6.26. The molecule has 3 atom stereocenters. The van der Waals surface area contributed by atoms with Crippen LogP contribution in [0, 0.1) is 5.92 Å². The second-order valence-corrected chi connectivity index (χ2v) is 8.53. The van der Waals surface area contributed by atoms with Gasteiger partial charge in [0.2, 0.25) is 5.91 Å². The number of carbonyl (C=O) groups is 1. The van der Waals surface area contributed by atoms with Crippen LogP contribution in [0.3, 0.4) is 0 Å². The van der Waals surface area contributed by atoms with Gasteiger partial charge in [0.1, 0.15) is 6.10 Å². The minimum absolute atomic E-state index is 0.0436. The first-order valence-corrected chi connectivity index (χ1v) is 11.1. The highest BCUT2D eigenvalue weighted by Crippen LogP contribution is 2.34. The van der Waals surface area contributed by atoms with E-state index < -0.39 is 17.8 Å². The van der Waals surface area contributed by atoms with E-state index in [4.69, 9.17) is 4.74 Å². The summed E-state index contributed by atoms with van der Waals surface area (Å²) >= 11 is 0.